The number of halogens is 1. The van der Waals surface area contributed by atoms with E-state index in [2.05, 4.69) is 30.9 Å². The van der Waals surface area contributed by atoms with Crippen LogP contribution in [0.5, 0.6) is 0 Å². The van der Waals surface area contributed by atoms with Crippen molar-refractivity contribution in [2.45, 2.75) is 57.2 Å². The summed E-state index contributed by atoms with van der Waals surface area (Å²) < 4.78 is 0. The summed E-state index contributed by atoms with van der Waals surface area (Å²) in [5, 5.41) is 10.9. The molecule has 2 aliphatic heterocycles. The molecule has 8 heteroatoms. The van der Waals surface area contributed by atoms with E-state index in [4.69, 9.17) is 11.6 Å². The van der Waals surface area contributed by atoms with Crippen LogP contribution in [-0.4, -0.2) is 62.4 Å². The van der Waals surface area contributed by atoms with Crippen LogP contribution in [0.4, 0.5) is 4.79 Å². The number of likely N-dealkylation sites (tertiary alicyclic amines) is 1. The number of rotatable bonds is 3. The zero-order valence-corrected chi connectivity index (χ0v) is 22.0. The molecule has 2 fully saturated rings. The third-order valence-corrected chi connectivity index (χ3v) is 7.81. The molecule has 1 aromatic rings. The van der Waals surface area contributed by atoms with Gasteiger partial charge in [-0.25, -0.2) is 9.59 Å². The van der Waals surface area contributed by atoms with Crippen molar-refractivity contribution in [3.63, 3.8) is 0 Å². The number of amides is 3. The number of carbonyl (C=O) groups is 3. The van der Waals surface area contributed by atoms with Crippen molar-refractivity contribution < 1.29 is 19.5 Å². The van der Waals surface area contributed by atoms with Gasteiger partial charge in [0.15, 0.2) is 6.04 Å². The molecule has 4 aliphatic rings. The Labute approximate surface area is 227 Å². The number of hydrogen-bond donors (Lipinski definition) is 1. The minimum atomic E-state index is -1.15. The molecule has 1 aromatic carbocycles. The number of hydrogen-bond acceptors (Lipinski definition) is 3. The number of nitrogens with zero attached hydrogens (tertiary/aromatic N) is 3. The van der Waals surface area contributed by atoms with Gasteiger partial charge in [-0.15, -0.1) is 0 Å². The van der Waals surface area contributed by atoms with E-state index in [0.29, 0.717) is 36.3 Å². The summed E-state index contributed by atoms with van der Waals surface area (Å²) in [6, 6.07) is 4.45. The summed E-state index contributed by atoms with van der Waals surface area (Å²) in [4.78, 5) is 44.7. The van der Waals surface area contributed by atoms with Crippen molar-refractivity contribution in [3.05, 3.63) is 82.7 Å². The number of urea groups is 1. The second-order valence-corrected chi connectivity index (χ2v) is 10.6. The molecule has 0 saturated carbocycles. The Kier molecular flexibility index (Phi) is 7.44. The lowest BCUT2D eigenvalue weighted by molar-refractivity contribution is -0.149. The van der Waals surface area contributed by atoms with Crippen LogP contribution in [-0.2, 0) is 9.59 Å². The Morgan fingerprint density at radius 2 is 1.84 bits per heavy atom. The molecule has 5 rings (SSSR count). The first kappa shape index (κ1) is 25.9. The van der Waals surface area contributed by atoms with Gasteiger partial charge in [0.05, 0.1) is 12.1 Å². The van der Waals surface area contributed by atoms with Gasteiger partial charge in [-0.1, -0.05) is 48.7 Å². The fraction of sp³-hybridized carbons (Fsp3) is 0.367. The average molecular weight is 532 g/mol. The van der Waals surface area contributed by atoms with Gasteiger partial charge in [-0.3, -0.25) is 9.69 Å². The highest BCUT2D eigenvalue weighted by Gasteiger charge is 2.53. The molecule has 2 aliphatic carbocycles. The molecule has 0 aromatic heterocycles. The second-order valence-electron chi connectivity index (χ2n) is 10.2. The normalized spacial score (nSPS) is 25.7. The lowest BCUT2D eigenvalue weighted by Gasteiger charge is -2.46. The second kappa shape index (κ2) is 10.9. The summed E-state index contributed by atoms with van der Waals surface area (Å²) in [6.07, 6.45) is 15.2. The number of fused-ring (bicyclic) bond motifs is 2. The maximum absolute atomic E-state index is 14.2. The molecular formula is C30H30ClN3O4. The minimum Gasteiger partial charge on any atom is -0.480 e. The average Bonchev–Trinajstić information content (AvgIpc) is 3.21. The molecule has 38 heavy (non-hydrogen) atoms. The van der Waals surface area contributed by atoms with Crippen molar-refractivity contribution in [2.75, 3.05) is 6.54 Å². The molecule has 196 valence electrons. The van der Waals surface area contributed by atoms with E-state index in [1.165, 1.54) is 4.90 Å². The first-order chi connectivity index (χ1) is 18.3. The largest absolute Gasteiger partial charge is 0.480 e. The Balaban J connectivity index is 1.43. The highest BCUT2D eigenvalue weighted by Crippen LogP contribution is 2.37. The summed E-state index contributed by atoms with van der Waals surface area (Å²) in [5.74, 6) is 4.27. The van der Waals surface area contributed by atoms with E-state index in [1.807, 2.05) is 24.3 Å². The molecule has 2 saturated heterocycles. The van der Waals surface area contributed by atoms with Gasteiger partial charge >= 0.3 is 12.0 Å². The van der Waals surface area contributed by atoms with Crippen molar-refractivity contribution in [1.29, 1.82) is 0 Å². The van der Waals surface area contributed by atoms with Crippen molar-refractivity contribution in [2.24, 2.45) is 5.92 Å². The SMILES string of the molecule is CC1C=CC=C(N(C(=O)N2C[C@@H]3CC[C@H]([C@H]2C(=O)O)N3C(=O)C#Cc2ccc(Cl)cc2)C2=CC=CCC2)C1. The molecular weight excluding hydrogens is 502 g/mol. The maximum atomic E-state index is 14.2. The monoisotopic (exact) mass is 531 g/mol. The molecule has 0 spiro atoms. The number of carboxylic acids is 1. The first-order valence-electron chi connectivity index (χ1n) is 13.0. The summed E-state index contributed by atoms with van der Waals surface area (Å²) in [5.41, 5.74) is 2.36. The van der Waals surface area contributed by atoms with Crippen molar-refractivity contribution in [3.8, 4) is 11.8 Å². The molecule has 1 N–H and O–H groups in total. The minimum absolute atomic E-state index is 0.152. The Morgan fingerprint density at radius 3 is 2.53 bits per heavy atom. The lowest BCUT2D eigenvalue weighted by atomic mass is 9.98. The zero-order valence-electron chi connectivity index (χ0n) is 21.2. The van der Waals surface area contributed by atoms with E-state index >= 15 is 0 Å². The molecule has 4 atom stereocenters. The van der Waals surface area contributed by atoms with Crippen molar-refractivity contribution >= 4 is 29.5 Å². The van der Waals surface area contributed by atoms with Gasteiger partial charge in [-0.2, -0.15) is 0 Å². The predicted octanol–water partition coefficient (Wildman–Crippen LogP) is 4.96. The fourth-order valence-electron chi connectivity index (χ4n) is 5.81. The Hall–Kier alpha value is -3.76. The van der Waals surface area contributed by atoms with Crippen LogP contribution in [0.15, 0.2) is 72.1 Å². The molecule has 1 unspecified atom stereocenters. The fourth-order valence-corrected chi connectivity index (χ4v) is 5.93. The summed E-state index contributed by atoms with van der Waals surface area (Å²) >= 11 is 5.93. The van der Waals surface area contributed by atoms with E-state index in [1.54, 1.807) is 34.1 Å². The van der Waals surface area contributed by atoms with E-state index < -0.39 is 24.0 Å². The third-order valence-electron chi connectivity index (χ3n) is 7.56. The summed E-state index contributed by atoms with van der Waals surface area (Å²) in [6.45, 7) is 2.25. The van der Waals surface area contributed by atoms with Gasteiger partial charge in [0.1, 0.15) is 0 Å². The van der Waals surface area contributed by atoms with Gasteiger partial charge in [0.25, 0.3) is 5.91 Å². The number of allylic oxidation sites excluding steroid dienone is 8. The van der Waals surface area contributed by atoms with Crippen molar-refractivity contribution in [1.82, 2.24) is 14.7 Å². The van der Waals surface area contributed by atoms with E-state index in [0.717, 1.165) is 17.8 Å². The third kappa shape index (κ3) is 5.14. The first-order valence-corrected chi connectivity index (χ1v) is 13.4. The molecule has 3 amide bonds. The van der Waals surface area contributed by atoms with E-state index in [-0.39, 0.29) is 24.5 Å². The quantitative estimate of drug-likeness (QED) is 0.559. The molecule has 2 bridgehead atoms. The van der Waals surface area contributed by atoms with Crippen LogP contribution in [0, 0.1) is 17.8 Å². The lowest BCUT2D eigenvalue weighted by Crippen LogP contribution is -2.66. The number of carboxylic acid groups (broad SMARTS) is 1. The number of carbonyl (C=O) groups excluding carboxylic acids is 2. The van der Waals surface area contributed by atoms with Gasteiger partial charge in [0, 0.05) is 34.4 Å². The number of piperazine rings is 1. The highest BCUT2D eigenvalue weighted by atomic mass is 35.5. The maximum Gasteiger partial charge on any atom is 0.329 e. The molecule has 7 nitrogen and oxygen atoms in total. The number of aliphatic carboxylic acids is 1. The number of benzene rings is 1. The Morgan fingerprint density at radius 1 is 1.08 bits per heavy atom. The standard InChI is InChI=1S/C30H30ClN3O4/c1-20-6-5-9-24(18-20)33(23-7-3-2-4-8-23)30(38)32-19-25-15-16-26(28(32)29(36)37)34(25)27(35)17-12-21-10-13-22(31)14-11-21/h2-3,5-7,9-11,13-14,20,25-26,28H,4,8,15-16,18-19H2,1H3,(H,36,37)/t20?,25-,26+,28-/m0/s1. The zero-order chi connectivity index (χ0) is 26.8. The van der Waals surface area contributed by atoms with Crippen LogP contribution in [0.2, 0.25) is 5.02 Å². The Bertz CT molecular complexity index is 1320. The van der Waals surface area contributed by atoms with Crippen LogP contribution in [0.3, 0.4) is 0 Å². The van der Waals surface area contributed by atoms with Crippen LogP contribution in [0.25, 0.3) is 0 Å². The van der Waals surface area contributed by atoms with Crippen LogP contribution in [0.1, 0.15) is 44.6 Å². The smallest absolute Gasteiger partial charge is 0.329 e. The highest BCUT2D eigenvalue weighted by molar-refractivity contribution is 6.30. The van der Waals surface area contributed by atoms with Gasteiger partial charge in [-0.05, 0) is 74.4 Å². The van der Waals surface area contributed by atoms with Gasteiger partial charge < -0.3 is 14.9 Å². The van der Waals surface area contributed by atoms with Crippen LogP contribution >= 0.6 is 11.6 Å². The van der Waals surface area contributed by atoms with Crippen LogP contribution < -0.4 is 0 Å². The molecule has 0 radical (unpaired) electrons. The topological polar surface area (TPSA) is 81.2 Å². The van der Waals surface area contributed by atoms with E-state index in [9.17, 15) is 19.5 Å². The van der Waals surface area contributed by atoms with Gasteiger partial charge in [0.2, 0.25) is 0 Å². The summed E-state index contributed by atoms with van der Waals surface area (Å²) in [7, 11) is 0. The predicted molar refractivity (Wildman–Crippen MR) is 145 cm³/mol. The molecule has 2 heterocycles.